The number of hydrogen-bond acceptors (Lipinski definition) is 3. The van der Waals surface area contributed by atoms with Gasteiger partial charge in [0.25, 0.3) is 0 Å². The van der Waals surface area contributed by atoms with E-state index in [2.05, 4.69) is 25.7 Å². The van der Waals surface area contributed by atoms with Crippen molar-refractivity contribution in [3.63, 3.8) is 0 Å². The van der Waals surface area contributed by atoms with Crippen LogP contribution in [-0.4, -0.2) is 32.4 Å². The second-order valence-electron chi connectivity index (χ2n) is 6.66. The van der Waals surface area contributed by atoms with Gasteiger partial charge in [-0.25, -0.2) is 0 Å². The fourth-order valence-electron chi connectivity index (χ4n) is 2.15. The standard InChI is InChI=1S/C16H32O3Si/c1-15(18)19-13-16(14-20(2,3)4)11-9-7-5-6-8-10-12-17/h11,17H,5-10,12-14H2,1-4H3/b16-11-. The molecule has 3 nitrogen and oxygen atoms in total. The highest BCUT2D eigenvalue weighted by molar-refractivity contribution is 6.76. The lowest BCUT2D eigenvalue weighted by atomic mass is 10.1. The lowest BCUT2D eigenvalue weighted by molar-refractivity contribution is -0.139. The molecular weight excluding hydrogens is 268 g/mol. The first-order valence-corrected chi connectivity index (χ1v) is 11.5. The molecule has 0 fully saturated rings. The van der Waals surface area contributed by atoms with Crippen molar-refractivity contribution in [2.75, 3.05) is 13.2 Å². The van der Waals surface area contributed by atoms with Crippen LogP contribution in [0.25, 0.3) is 0 Å². The minimum absolute atomic E-state index is 0.199. The Morgan fingerprint density at radius 2 is 1.70 bits per heavy atom. The number of aliphatic hydroxyl groups is 1. The van der Waals surface area contributed by atoms with Crippen LogP contribution in [0.2, 0.25) is 25.7 Å². The second kappa shape index (κ2) is 11.1. The van der Waals surface area contributed by atoms with Crippen LogP contribution in [0, 0.1) is 0 Å². The van der Waals surface area contributed by atoms with E-state index in [9.17, 15) is 4.79 Å². The Morgan fingerprint density at radius 3 is 2.25 bits per heavy atom. The summed E-state index contributed by atoms with van der Waals surface area (Å²) in [5.74, 6) is -0.199. The van der Waals surface area contributed by atoms with Gasteiger partial charge in [-0.15, -0.1) is 0 Å². The monoisotopic (exact) mass is 300 g/mol. The molecule has 0 aliphatic carbocycles. The van der Waals surface area contributed by atoms with Gasteiger partial charge in [-0.3, -0.25) is 4.79 Å². The smallest absolute Gasteiger partial charge is 0.302 e. The zero-order valence-corrected chi connectivity index (χ0v) is 14.7. The third-order valence-corrected chi connectivity index (χ3v) is 4.53. The van der Waals surface area contributed by atoms with Gasteiger partial charge in [0, 0.05) is 21.6 Å². The fourth-order valence-corrected chi connectivity index (χ4v) is 3.76. The van der Waals surface area contributed by atoms with E-state index in [1.807, 2.05) is 0 Å². The average molecular weight is 301 g/mol. The highest BCUT2D eigenvalue weighted by Gasteiger charge is 2.16. The predicted octanol–water partition coefficient (Wildman–Crippen LogP) is 4.15. The molecule has 0 aliphatic heterocycles. The summed E-state index contributed by atoms with van der Waals surface area (Å²) in [4.78, 5) is 10.9. The first kappa shape index (κ1) is 19.4. The van der Waals surface area contributed by atoms with Crippen molar-refractivity contribution in [1.82, 2.24) is 0 Å². The highest BCUT2D eigenvalue weighted by atomic mass is 28.3. The first-order valence-electron chi connectivity index (χ1n) is 7.77. The number of allylic oxidation sites excluding steroid dienone is 1. The van der Waals surface area contributed by atoms with E-state index in [4.69, 9.17) is 9.84 Å². The van der Waals surface area contributed by atoms with Crippen LogP contribution < -0.4 is 0 Å². The van der Waals surface area contributed by atoms with Gasteiger partial charge in [0.15, 0.2) is 0 Å². The molecule has 0 unspecified atom stereocenters. The number of carbonyl (C=O) groups is 1. The maximum absolute atomic E-state index is 10.9. The molecule has 118 valence electrons. The molecule has 0 rings (SSSR count). The van der Waals surface area contributed by atoms with Gasteiger partial charge >= 0.3 is 5.97 Å². The third-order valence-electron chi connectivity index (χ3n) is 3.01. The molecule has 0 aromatic heterocycles. The first-order chi connectivity index (χ1) is 9.35. The number of carbonyl (C=O) groups excluding carboxylic acids is 1. The Bertz CT molecular complexity index is 293. The molecule has 0 radical (unpaired) electrons. The Kier molecular flexibility index (Phi) is 10.8. The van der Waals surface area contributed by atoms with Gasteiger partial charge in [0.1, 0.15) is 6.61 Å². The van der Waals surface area contributed by atoms with Crippen LogP contribution >= 0.6 is 0 Å². The Balaban J connectivity index is 4.04. The SMILES string of the molecule is CC(=O)OC/C(=C/CCCCCCCO)C[Si](C)(C)C. The lowest BCUT2D eigenvalue weighted by Crippen LogP contribution is -2.21. The molecule has 0 aliphatic rings. The summed E-state index contributed by atoms with van der Waals surface area (Å²) in [6.07, 6.45) is 8.97. The van der Waals surface area contributed by atoms with Crippen LogP contribution in [0.3, 0.4) is 0 Å². The van der Waals surface area contributed by atoms with Crippen molar-refractivity contribution in [2.24, 2.45) is 0 Å². The summed E-state index contributed by atoms with van der Waals surface area (Å²) >= 11 is 0. The molecule has 0 bridgehead atoms. The summed E-state index contributed by atoms with van der Waals surface area (Å²) in [7, 11) is -1.17. The fraction of sp³-hybridized carbons (Fsp3) is 0.812. The molecule has 0 amide bonds. The predicted molar refractivity (Wildman–Crippen MR) is 87.7 cm³/mol. The van der Waals surface area contributed by atoms with E-state index in [-0.39, 0.29) is 5.97 Å². The molecular formula is C16H32O3Si. The summed E-state index contributed by atoms with van der Waals surface area (Å²) in [6, 6.07) is 1.10. The number of rotatable bonds is 11. The summed E-state index contributed by atoms with van der Waals surface area (Å²) in [5.41, 5.74) is 1.29. The lowest BCUT2D eigenvalue weighted by Gasteiger charge is -2.18. The zero-order chi connectivity index (χ0) is 15.4. The molecule has 0 aromatic rings. The molecule has 0 spiro atoms. The van der Waals surface area contributed by atoms with Crippen molar-refractivity contribution < 1.29 is 14.6 Å². The maximum Gasteiger partial charge on any atom is 0.302 e. The number of unbranched alkanes of at least 4 members (excludes halogenated alkanes) is 5. The van der Waals surface area contributed by atoms with E-state index in [0.717, 1.165) is 25.3 Å². The van der Waals surface area contributed by atoms with Gasteiger partial charge < -0.3 is 9.84 Å². The maximum atomic E-state index is 10.9. The van der Waals surface area contributed by atoms with Crippen molar-refractivity contribution >= 4 is 14.0 Å². The molecule has 1 N–H and O–H groups in total. The number of aliphatic hydroxyl groups excluding tert-OH is 1. The Labute approximate surface area is 125 Å². The third kappa shape index (κ3) is 13.8. The van der Waals surface area contributed by atoms with Crippen molar-refractivity contribution in [3.05, 3.63) is 11.6 Å². The summed E-state index contributed by atoms with van der Waals surface area (Å²) in [5, 5.41) is 8.71. The largest absolute Gasteiger partial charge is 0.461 e. The van der Waals surface area contributed by atoms with E-state index >= 15 is 0 Å². The van der Waals surface area contributed by atoms with E-state index in [0.29, 0.717) is 13.2 Å². The van der Waals surface area contributed by atoms with Crippen LogP contribution in [0.1, 0.15) is 45.4 Å². The summed E-state index contributed by atoms with van der Waals surface area (Å²) < 4.78 is 5.15. The molecule has 20 heavy (non-hydrogen) atoms. The van der Waals surface area contributed by atoms with Crippen LogP contribution in [0.5, 0.6) is 0 Å². The molecule has 0 saturated heterocycles. The molecule has 0 heterocycles. The topological polar surface area (TPSA) is 46.5 Å². The number of esters is 1. The molecule has 0 saturated carbocycles. The zero-order valence-electron chi connectivity index (χ0n) is 13.7. The Morgan fingerprint density at radius 1 is 1.10 bits per heavy atom. The van der Waals surface area contributed by atoms with Crippen LogP contribution in [-0.2, 0) is 9.53 Å². The summed E-state index contributed by atoms with van der Waals surface area (Å²) in [6.45, 7) is 9.25. The van der Waals surface area contributed by atoms with E-state index in [1.54, 1.807) is 0 Å². The Hall–Kier alpha value is -0.613. The number of hydrogen-bond donors (Lipinski definition) is 1. The van der Waals surface area contributed by atoms with Crippen LogP contribution in [0.15, 0.2) is 11.6 Å². The second-order valence-corrected chi connectivity index (χ2v) is 12.1. The number of ether oxygens (including phenoxy) is 1. The van der Waals surface area contributed by atoms with Gasteiger partial charge in [-0.1, -0.05) is 45.0 Å². The molecule has 0 aromatic carbocycles. The molecule has 0 atom stereocenters. The van der Waals surface area contributed by atoms with Crippen molar-refractivity contribution in [2.45, 2.75) is 71.1 Å². The van der Waals surface area contributed by atoms with Crippen molar-refractivity contribution in [3.8, 4) is 0 Å². The minimum Gasteiger partial charge on any atom is -0.461 e. The van der Waals surface area contributed by atoms with Gasteiger partial charge in [0.05, 0.1) is 0 Å². The highest BCUT2D eigenvalue weighted by Crippen LogP contribution is 2.18. The van der Waals surface area contributed by atoms with Gasteiger partial charge in [-0.05, 0) is 30.9 Å². The van der Waals surface area contributed by atoms with E-state index in [1.165, 1.54) is 31.8 Å². The van der Waals surface area contributed by atoms with E-state index < -0.39 is 8.07 Å². The van der Waals surface area contributed by atoms with Gasteiger partial charge in [-0.2, -0.15) is 0 Å². The average Bonchev–Trinajstić information content (AvgIpc) is 2.32. The van der Waals surface area contributed by atoms with Crippen LogP contribution in [0.4, 0.5) is 0 Å². The van der Waals surface area contributed by atoms with Gasteiger partial charge in [0.2, 0.25) is 0 Å². The molecule has 4 heteroatoms. The minimum atomic E-state index is -1.17. The quantitative estimate of drug-likeness (QED) is 0.270. The normalized spacial score (nSPS) is 12.6. The van der Waals surface area contributed by atoms with Crippen molar-refractivity contribution in [1.29, 1.82) is 0 Å².